The summed E-state index contributed by atoms with van der Waals surface area (Å²) in [7, 11) is 1.45. The van der Waals surface area contributed by atoms with E-state index < -0.39 is 0 Å². The summed E-state index contributed by atoms with van der Waals surface area (Å²) in [5, 5.41) is 1.21. The van der Waals surface area contributed by atoms with Crippen molar-refractivity contribution in [2.75, 3.05) is 7.11 Å². The van der Waals surface area contributed by atoms with Gasteiger partial charge in [0.15, 0.2) is 0 Å². The predicted molar refractivity (Wildman–Crippen MR) is 100 cm³/mol. The largest absolute Gasteiger partial charge is 0.465 e. The van der Waals surface area contributed by atoms with Crippen LogP contribution in [-0.2, 0) is 24.1 Å². The van der Waals surface area contributed by atoms with Crippen molar-refractivity contribution in [3.05, 3.63) is 70.9 Å². The Morgan fingerprint density at radius 2 is 1.96 bits per heavy atom. The second-order valence-corrected chi connectivity index (χ2v) is 7.04. The number of hydrogen-bond acceptors (Lipinski definition) is 2. The van der Waals surface area contributed by atoms with Crippen LogP contribution < -0.4 is 0 Å². The standard InChI is InChI=1S/C22H23NO2/c1-15-11-12-20-19(13-15)17-9-6-10-18(22(24)25-2)21(17)23(20)14-16-7-4-3-5-8-16/h3-10,15H,11-14H2,1-2H3. The Bertz CT molecular complexity index is 924. The molecule has 0 N–H and O–H groups in total. The van der Waals surface area contributed by atoms with Gasteiger partial charge in [0.25, 0.3) is 0 Å². The third-order valence-corrected chi connectivity index (χ3v) is 5.32. The molecule has 2 aromatic carbocycles. The summed E-state index contributed by atoms with van der Waals surface area (Å²) < 4.78 is 7.40. The number of para-hydroxylation sites is 1. The molecule has 1 aliphatic rings. The molecule has 1 unspecified atom stereocenters. The van der Waals surface area contributed by atoms with E-state index in [0.717, 1.165) is 24.9 Å². The molecular formula is C22H23NO2. The van der Waals surface area contributed by atoms with Crippen molar-refractivity contribution in [2.24, 2.45) is 5.92 Å². The van der Waals surface area contributed by atoms with Gasteiger partial charge in [0.2, 0.25) is 0 Å². The van der Waals surface area contributed by atoms with Gasteiger partial charge in [-0.05, 0) is 42.4 Å². The molecule has 1 atom stereocenters. The first-order valence-electron chi connectivity index (χ1n) is 8.94. The zero-order valence-electron chi connectivity index (χ0n) is 14.8. The molecule has 3 nitrogen and oxygen atoms in total. The maximum atomic E-state index is 12.4. The minimum Gasteiger partial charge on any atom is -0.465 e. The molecule has 0 saturated carbocycles. The van der Waals surface area contributed by atoms with Crippen molar-refractivity contribution in [3.8, 4) is 0 Å². The maximum absolute atomic E-state index is 12.4. The number of esters is 1. The van der Waals surface area contributed by atoms with Crippen molar-refractivity contribution < 1.29 is 9.53 Å². The van der Waals surface area contributed by atoms with Crippen LogP contribution in [0.5, 0.6) is 0 Å². The Kier molecular flexibility index (Phi) is 4.08. The average molecular weight is 333 g/mol. The zero-order valence-corrected chi connectivity index (χ0v) is 14.8. The second-order valence-electron chi connectivity index (χ2n) is 7.04. The van der Waals surface area contributed by atoms with Crippen LogP contribution in [0.1, 0.15) is 40.5 Å². The second kappa shape index (κ2) is 6.40. The molecular weight excluding hydrogens is 310 g/mol. The number of aromatic nitrogens is 1. The van der Waals surface area contributed by atoms with E-state index in [9.17, 15) is 4.79 Å². The molecule has 0 aliphatic heterocycles. The van der Waals surface area contributed by atoms with E-state index in [-0.39, 0.29) is 5.97 Å². The fourth-order valence-electron chi connectivity index (χ4n) is 4.09. The highest BCUT2D eigenvalue weighted by molar-refractivity contribution is 6.04. The van der Waals surface area contributed by atoms with Gasteiger partial charge in [-0.15, -0.1) is 0 Å². The van der Waals surface area contributed by atoms with Gasteiger partial charge < -0.3 is 9.30 Å². The van der Waals surface area contributed by atoms with Gasteiger partial charge in [-0.1, -0.05) is 49.4 Å². The van der Waals surface area contributed by atoms with Crippen LogP contribution in [0.25, 0.3) is 10.9 Å². The SMILES string of the molecule is COC(=O)c1cccc2c3c(n(Cc4ccccc4)c12)CCC(C)C3. The number of methoxy groups -OCH3 is 1. The summed E-state index contributed by atoms with van der Waals surface area (Å²) in [6.45, 7) is 3.10. The van der Waals surface area contributed by atoms with Crippen LogP contribution in [0, 0.1) is 5.92 Å². The molecule has 0 bridgehead atoms. The predicted octanol–water partition coefficient (Wildman–Crippen LogP) is 4.60. The maximum Gasteiger partial charge on any atom is 0.340 e. The molecule has 0 amide bonds. The lowest BCUT2D eigenvalue weighted by atomic mass is 9.87. The smallest absolute Gasteiger partial charge is 0.340 e. The number of nitrogens with zero attached hydrogens (tertiary/aromatic N) is 1. The highest BCUT2D eigenvalue weighted by Crippen LogP contribution is 2.36. The number of rotatable bonds is 3. The first-order valence-corrected chi connectivity index (χ1v) is 8.94. The molecule has 4 rings (SSSR count). The number of hydrogen-bond donors (Lipinski definition) is 0. The van der Waals surface area contributed by atoms with Crippen molar-refractivity contribution in [1.29, 1.82) is 0 Å². The van der Waals surface area contributed by atoms with E-state index in [1.165, 1.54) is 35.7 Å². The van der Waals surface area contributed by atoms with Crippen molar-refractivity contribution in [1.82, 2.24) is 4.57 Å². The lowest BCUT2D eigenvalue weighted by Crippen LogP contribution is -2.15. The lowest BCUT2D eigenvalue weighted by Gasteiger charge is -2.21. The lowest BCUT2D eigenvalue weighted by molar-refractivity contribution is 0.0602. The Morgan fingerprint density at radius 3 is 2.72 bits per heavy atom. The first kappa shape index (κ1) is 15.9. The monoisotopic (exact) mass is 333 g/mol. The first-order chi connectivity index (χ1) is 12.2. The normalized spacial score (nSPS) is 16.6. The summed E-state index contributed by atoms with van der Waals surface area (Å²) in [4.78, 5) is 12.4. The van der Waals surface area contributed by atoms with E-state index >= 15 is 0 Å². The number of ether oxygens (including phenoxy) is 1. The Morgan fingerprint density at radius 1 is 1.16 bits per heavy atom. The van der Waals surface area contributed by atoms with Crippen molar-refractivity contribution in [2.45, 2.75) is 32.7 Å². The molecule has 25 heavy (non-hydrogen) atoms. The quantitative estimate of drug-likeness (QED) is 0.656. The molecule has 3 aromatic rings. The van der Waals surface area contributed by atoms with Crippen molar-refractivity contribution >= 4 is 16.9 Å². The Labute approximate surface area is 148 Å². The highest BCUT2D eigenvalue weighted by Gasteiger charge is 2.26. The summed E-state index contributed by atoms with van der Waals surface area (Å²) in [6, 6.07) is 16.5. The van der Waals surface area contributed by atoms with E-state index in [1.54, 1.807) is 0 Å². The number of benzene rings is 2. The van der Waals surface area contributed by atoms with Gasteiger partial charge in [-0.25, -0.2) is 4.79 Å². The molecule has 1 aliphatic carbocycles. The van der Waals surface area contributed by atoms with E-state index in [0.29, 0.717) is 11.5 Å². The van der Waals surface area contributed by atoms with Crippen LogP contribution in [0.3, 0.4) is 0 Å². The van der Waals surface area contributed by atoms with Gasteiger partial charge in [0, 0.05) is 17.6 Å². The molecule has 0 radical (unpaired) electrons. The minimum atomic E-state index is -0.261. The van der Waals surface area contributed by atoms with Crippen LogP contribution >= 0.6 is 0 Å². The third-order valence-electron chi connectivity index (χ3n) is 5.32. The van der Waals surface area contributed by atoms with Crippen molar-refractivity contribution in [3.63, 3.8) is 0 Å². The van der Waals surface area contributed by atoms with Gasteiger partial charge in [-0.2, -0.15) is 0 Å². The fraction of sp³-hybridized carbons (Fsp3) is 0.318. The van der Waals surface area contributed by atoms with Gasteiger partial charge in [0.1, 0.15) is 0 Å². The Balaban J connectivity index is 1.97. The van der Waals surface area contributed by atoms with Crippen LogP contribution in [0.15, 0.2) is 48.5 Å². The summed E-state index contributed by atoms with van der Waals surface area (Å²) in [5.41, 5.74) is 5.74. The van der Waals surface area contributed by atoms with Gasteiger partial charge in [-0.3, -0.25) is 0 Å². The van der Waals surface area contributed by atoms with Crippen LogP contribution in [-0.4, -0.2) is 17.6 Å². The molecule has 0 spiro atoms. The minimum absolute atomic E-state index is 0.261. The van der Waals surface area contributed by atoms with Crippen LogP contribution in [0.4, 0.5) is 0 Å². The van der Waals surface area contributed by atoms with Gasteiger partial charge >= 0.3 is 5.97 Å². The third kappa shape index (κ3) is 2.74. The van der Waals surface area contributed by atoms with E-state index in [4.69, 9.17) is 4.74 Å². The van der Waals surface area contributed by atoms with Gasteiger partial charge in [0.05, 0.1) is 18.2 Å². The van der Waals surface area contributed by atoms with Crippen LogP contribution in [0.2, 0.25) is 0 Å². The van der Waals surface area contributed by atoms with E-state index in [1.807, 2.05) is 18.2 Å². The summed E-state index contributed by atoms with van der Waals surface area (Å²) >= 11 is 0. The molecule has 0 fully saturated rings. The summed E-state index contributed by atoms with van der Waals surface area (Å²) in [6.07, 6.45) is 3.35. The number of carbonyl (C=O) groups excluding carboxylic acids is 1. The molecule has 128 valence electrons. The average Bonchev–Trinajstić information content (AvgIpc) is 2.95. The molecule has 1 aromatic heterocycles. The highest BCUT2D eigenvalue weighted by atomic mass is 16.5. The number of carbonyl (C=O) groups is 1. The Hall–Kier alpha value is -2.55. The summed E-state index contributed by atoms with van der Waals surface area (Å²) in [5.74, 6) is 0.424. The topological polar surface area (TPSA) is 31.2 Å². The zero-order chi connectivity index (χ0) is 17.4. The fourth-order valence-corrected chi connectivity index (χ4v) is 4.09. The van der Waals surface area contributed by atoms with E-state index in [2.05, 4.69) is 41.8 Å². The molecule has 3 heteroatoms. The number of fused-ring (bicyclic) bond motifs is 3. The molecule has 1 heterocycles. The molecule has 0 saturated heterocycles.